The molecule has 0 unspecified atom stereocenters. The second-order valence-corrected chi connectivity index (χ2v) is 5.57. The molecule has 1 aromatic heterocycles. The predicted octanol–water partition coefficient (Wildman–Crippen LogP) is 4.20. The highest BCUT2D eigenvalue weighted by atomic mass is 32.2. The van der Waals surface area contributed by atoms with E-state index in [2.05, 4.69) is 32.0 Å². The highest BCUT2D eigenvalue weighted by molar-refractivity contribution is 7.98. The molecule has 0 aliphatic carbocycles. The zero-order valence-electron chi connectivity index (χ0n) is 11.2. The van der Waals surface area contributed by atoms with Crippen LogP contribution in [0.1, 0.15) is 33.0 Å². The van der Waals surface area contributed by atoms with Crippen LogP contribution in [0.3, 0.4) is 0 Å². The van der Waals surface area contributed by atoms with E-state index in [0.717, 1.165) is 4.90 Å². The van der Waals surface area contributed by atoms with Gasteiger partial charge < -0.3 is 9.52 Å². The lowest BCUT2D eigenvalue weighted by molar-refractivity contribution is 0.0695. The molecule has 3 nitrogen and oxygen atoms in total. The summed E-state index contributed by atoms with van der Waals surface area (Å²) < 4.78 is 5.45. The minimum atomic E-state index is -0.941. The van der Waals surface area contributed by atoms with Crippen LogP contribution in [0.2, 0.25) is 0 Å². The zero-order valence-corrected chi connectivity index (χ0v) is 12.0. The number of carboxylic acid groups (broad SMARTS) is 1. The third-order valence-electron chi connectivity index (χ3n) is 3.06. The SMILES string of the molecule is Cc1ccc(SCc2cc(C(=O)O)c(C)o2)cc1C. The predicted molar refractivity (Wildman–Crippen MR) is 75.9 cm³/mol. The van der Waals surface area contributed by atoms with Gasteiger partial charge in [0.1, 0.15) is 17.1 Å². The number of benzene rings is 1. The average Bonchev–Trinajstić information content (AvgIpc) is 2.72. The Bertz CT molecular complexity index is 614. The third kappa shape index (κ3) is 3.20. The fourth-order valence-corrected chi connectivity index (χ4v) is 2.66. The van der Waals surface area contributed by atoms with E-state index in [9.17, 15) is 4.79 Å². The van der Waals surface area contributed by atoms with Crippen molar-refractivity contribution in [3.05, 3.63) is 52.5 Å². The highest BCUT2D eigenvalue weighted by Crippen LogP contribution is 2.26. The molecule has 0 spiro atoms. The van der Waals surface area contributed by atoms with Gasteiger partial charge in [0.05, 0.1) is 5.75 Å². The molecule has 2 rings (SSSR count). The van der Waals surface area contributed by atoms with Crippen molar-refractivity contribution in [2.24, 2.45) is 0 Å². The Morgan fingerprint density at radius 2 is 1.95 bits per heavy atom. The molecule has 4 heteroatoms. The molecule has 19 heavy (non-hydrogen) atoms. The number of carboxylic acids is 1. The molecular weight excluding hydrogens is 260 g/mol. The van der Waals surface area contributed by atoms with E-state index in [-0.39, 0.29) is 5.56 Å². The van der Waals surface area contributed by atoms with E-state index >= 15 is 0 Å². The van der Waals surface area contributed by atoms with Gasteiger partial charge in [-0.05, 0) is 50.1 Å². The number of hydrogen-bond acceptors (Lipinski definition) is 3. The third-order valence-corrected chi connectivity index (χ3v) is 4.07. The summed E-state index contributed by atoms with van der Waals surface area (Å²) in [6, 6.07) is 7.90. The van der Waals surface area contributed by atoms with Crippen LogP contribution in [0.4, 0.5) is 0 Å². The molecule has 0 saturated carbocycles. The molecule has 100 valence electrons. The van der Waals surface area contributed by atoms with E-state index in [1.807, 2.05) is 0 Å². The summed E-state index contributed by atoms with van der Waals surface area (Å²) in [7, 11) is 0. The number of thioether (sulfide) groups is 1. The summed E-state index contributed by atoms with van der Waals surface area (Å²) in [6.07, 6.45) is 0. The molecule has 1 heterocycles. The minimum absolute atomic E-state index is 0.246. The van der Waals surface area contributed by atoms with Gasteiger partial charge in [-0.25, -0.2) is 4.79 Å². The van der Waals surface area contributed by atoms with Crippen LogP contribution < -0.4 is 0 Å². The van der Waals surface area contributed by atoms with Gasteiger partial charge in [-0.2, -0.15) is 0 Å². The van der Waals surface area contributed by atoms with Crippen molar-refractivity contribution in [1.82, 2.24) is 0 Å². The Morgan fingerprint density at radius 1 is 1.21 bits per heavy atom. The molecule has 0 radical (unpaired) electrons. The molecule has 0 aliphatic heterocycles. The monoisotopic (exact) mass is 276 g/mol. The van der Waals surface area contributed by atoms with Crippen molar-refractivity contribution < 1.29 is 14.3 Å². The van der Waals surface area contributed by atoms with Crippen LogP contribution >= 0.6 is 11.8 Å². The zero-order chi connectivity index (χ0) is 14.0. The Balaban J connectivity index is 2.08. The second kappa shape index (κ2) is 5.53. The first-order valence-corrected chi connectivity index (χ1v) is 6.98. The van der Waals surface area contributed by atoms with Gasteiger partial charge in [0.2, 0.25) is 0 Å². The van der Waals surface area contributed by atoms with Crippen LogP contribution in [0.15, 0.2) is 33.6 Å². The summed E-state index contributed by atoms with van der Waals surface area (Å²) >= 11 is 1.64. The quantitative estimate of drug-likeness (QED) is 0.850. The first-order chi connectivity index (χ1) is 8.97. The summed E-state index contributed by atoms with van der Waals surface area (Å²) in [5, 5.41) is 8.96. The summed E-state index contributed by atoms with van der Waals surface area (Å²) in [6.45, 7) is 5.84. The second-order valence-electron chi connectivity index (χ2n) is 4.52. The van der Waals surface area contributed by atoms with Gasteiger partial charge in [-0.3, -0.25) is 0 Å². The maximum Gasteiger partial charge on any atom is 0.339 e. The average molecular weight is 276 g/mol. The molecular formula is C15H16O3S. The van der Waals surface area contributed by atoms with Gasteiger partial charge >= 0.3 is 5.97 Å². The lowest BCUT2D eigenvalue weighted by Crippen LogP contribution is -1.94. The molecule has 1 N–H and O–H groups in total. The Morgan fingerprint density at radius 3 is 2.53 bits per heavy atom. The van der Waals surface area contributed by atoms with Gasteiger partial charge in [-0.15, -0.1) is 11.8 Å². The molecule has 0 amide bonds. The fourth-order valence-electron chi connectivity index (χ4n) is 1.79. The standard InChI is InChI=1S/C15H16O3S/c1-9-4-5-13(6-10(9)2)19-8-12-7-14(15(16)17)11(3)18-12/h4-7H,8H2,1-3H3,(H,16,17). The number of furan rings is 1. The summed E-state index contributed by atoms with van der Waals surface area (Å²) in [5.41, 5.74) is 2.77. The summed E-state index contributed by atoms with van der Waals surface area (Å²) in [5.74, 6) is 0.848. The van der Waals surface area contributed by atoms with E-state index in [1.54, 1.807) is 24.8 Å². The molecule has 1 aromatic carbocycles. The first-order valence-electron chi connectivity index (χ1n) is 6.00. The normalized spacial score (nSPS) is 10.7. The van der Waals surface area contributed by atoms with Gasteiger partial charge in [-0.1, -0.05) is 6.07 Å². The van der Waals surface area contributed by atoms with Crippen molar-refractivity contribution in [3.8, 4) is 0 Å². The van der Waals surface area contributed by atoms with Crippen molar-refractivity contribution >= 4 is 17.7 Å². The number of aromatic carboxylic acids is 1. The number of aryl methyl sites for hydroxylation is 3. The molecule has 0 atom stereocenters. The van der Waals surface area contributed by atoms with Crippen LogP contribution in [-0.2, 0) is 5.75 Å². The highest BCUT2D eigenvalue weighted by Gasteiger charge is 2.13. The Labute approximate surface area is 116 Å². The lowest BCUT2D eigenvalue weighted by atomic mass is 10.1. The van der Waals surface area contributed by atoms with Crippen molar-refractivity contribution in [2.75, 3.05) is 0 Å². The maximum atomic E-state index is 10.9. The van der Waals surface area contributed by atoms with Crippen LogP contribution in [0, 0.1) is 20.8 Å². The Hall–Kier alpha value is -1.68. The van der Waals surface area contributed by atoms with E-state index in [4.69, 9.17) is 9.52 Å². The van der Waals surface area contributed by atoms with Crippen molar-refractivity contribution in [2.45, 2.75) is 31.4 Å². The largest absolute Gasteiger partial charge is 0.478 e. The lowest BCUT2D eigenvalue weighted by Gasteiger charge is -2.03. The summed E-state index contributed by atoms with van der Waals surface area (Å²) in [4.78, 5) is 12.1. The molecule has 0 aliphatic rings. The number of carbonyl (C=O) groups is 1. The van der Waals surface area contributed by atoms with E-state index in [0.29, 0.717) is 17.3 Å². The van der Waals surface area contributed by atoms with Crippen LogP contribution in [-0.4, -0.2) is 11.1 Å². The van der Waals surface area contributed by atoms with Gasteiger partial charge in [0.25, 0.3) is 0 Å². The van der Waals surface area contributed by atoms with Crippen LogP contribution in [0.25, 0.3) is 0 Å². The first kappa shape index (κ1) is 13.7. The molecule has 2 aromatic rings. The van der Waals surface area contributed by atoms with Crippen molar-refractivity contribution in [3.63, 3.8) is 0 Å². The van der Waals surface area contributed by atoms with Gasteiger partial charge in [0.15, 0.2) is 0 Å². The fraction of sp³-hybridized carbons (Fsp3) is 0.267. The molecule has 0 bridgehead atoms. The Kier molecular flexibility index (Phi) is 4.00. The smallest absolute Gasteiger partial charge is 0.339 e. The topological polar surface area (TPSA) is 50.4 Å². The number of hydrogen-bond donors (Lipinski definition) is 1. The molecule has 0 fully saturated rings. The minimum Gasteiger partial charge on any atom is -0.478 e. The number of rotatable bonds is 4. The van der Waals surface area contributed by atoms with E-state index < -0.39 is 5.97 Å². The van der Waals surface area contributed by atoms with E-state index in [1.165, 1.54) is 11.1 Å². The van der Waals surface area contributed by atoms with Crippen LogP contribution in [0.5, 0.6) is 0 Å². The van der Waals surface area contributed by atoms with Gasteiger partial charge in [0, 0.05) is 4.90 Å². The van der Waals surface area contributed by atoms with Crippen molar-refractivity contribution in [1.29, 1.82) is 0 Å². The maximum absolute atomic E-state index is 10.9. The molecule has 0 saturated heterocycles.